The Bertz CT molecular complexity index is 959. The molecular formula is C20H22N4O2. The number of hydrogen-bond acceptors (Lipinski definition) is 4. The molecule has 1 fully saturated rings. The van der Waals surface area contributed by atoms with Gasteiger partial charge in [0.2, 0.25) is 0 Å². The molecule has 6 nitrogen and oxygen atoms in total. The van der Waals surface area contributed by atoms with E-state index in [9.17, 15) is 4.79 Å². The van der Waals surface area contributed by atoms with Gasteiger partial charge in [0.05, 0.1) is 36.2 Å². The van der Waals surface area contributed by atoms with Crippen LogP contribution in [-0.4, -0.2) is 40.4 Å². The number of fused-ring (bicyclic) bond motifs is 1. The molecule has 1 aliphatic rings. The maximum atomic E-state index is 12.9. The number of aryl methyl sites for hydroxylation is 1. The van der Waals surface area contributed by atoms with Crippen molar-refractivity contribution in [2.45, 2.75) is 20.4 Å². The Hall–Kier alpha value is -2.73. The summed E-state index contributed by atoms with van der Waals surface area (Å²) in [5.74, 6) is -0.0825. The zero-order valence-electron chi connectivity index (χ0n) is 15.0. The first-order valence-corrected chi connectivity index (χ1v) is 8.86. The second kappa shape index (κ2) is 6.53. The van der Waals surface area contributed by atoms with Gasteiger partial charge >= 0.3 is 0 Å². The molecule has 1 N–H and O–H groups in total. The summed E-state index contributed by atoms with van der Waals surface area (Å²) in [4.78, 5) is 17.6. The summed E-state index contributed by atoms with van der Waals surface area (Å²) in [7, 11) is 0. The fourth-order valence-corrected chi connectivity index (χ4v) is 3.12. The van der Waals surface area contributed by atoms with Crippen LogP contribution in [0, 0.1) is 5.41 Å². The molecule has 0 spiro atoms. The molecule has 0 atom stereocenters. The average molecular weight is 350 g/mol. The Morgan fingerprint density at radius 2 is 2.15 bits per heavy atom. The van der Waals surface area contributed by atoms with Gasteiger partial charge in [-0.2, -0.15) is 5.10 Å². The monoisotopic (exact) mass is 350 g/mol. The number of carbonyl (C=O) groups is 1. The average Bonchev–Trinajstić information content (AvgIpc) is 3.13. The summed E-state index contributed by atoms with van der Waals surface area (Å²) in [6.45, 7) is 6.92. The highest BCUT2D eigenvalue weighted by Crippen LogP contribution is 2.27. The van der Waals surface area contributed by atoms with Crippen molar-refractivity contribution < 1.29 is 9.53 Å². The molecule has 3 heterocycles. The number of ether oxygens (including phenoxy) is 1. The van der Waals surface area contributed by atoms with Crippen molar-refractivity contribution in [2.24, 2.45) is 5.41 Å². The fraction of sp³-hybridized carbons (Fsp3) is 0.350. The normalized spacial score (nSPS) is 15.6. The number of benzene rings is 1. The van der Waals surface area contributed by atoms with E-state index < -0.39 is 0 Å². The van der Waals surface area contributed by atoms with Gasteiger partial charge < -0.3 is 10.1 Å². The lowest BCUT2D eigenvalue weighted by Crippen LogP contribution is -2.48. The molecule has 0 bridgehead atoms. The number of carbonyl (C=O) groups excluding carboxylic acids is 1. The van der Waals surface area contributed by atoms with E-state index >= 15 is 0 Å². The number of amides is 1. The van der Waals surface area contributed by atoms with Crippen LogP contribution in [0.15, 0.2) is 42.7 Å². The molecule has 0 aliphatic carbocycles. The molecule has 0 saturated carbocycles. The number of hydrogen-bond donors (Lipinski definition) is 1. The van der Waals surface area contributed by atoms with Gasteiger partial charge in [0.25, 0.3) is 5.91 Å². The topological polar surface area (TPSA) is 69.0 Å². The number of para-hydroxylation sites is 1. The number of rotatable bonds is 5. The zero-order chi connectivity index (χ0) is 18.1. The molecule has 1 amide bonds. The van der Waals surface area contributed by atoms with Gasteiger partial charge in [-0.3, -0.25) is 9.48 Å². The number of nitrogens with one attached hydrogen (secondary N) is 1. The van der Waals surface area contributed by atoms with Crippen molar-refractivity contribution in [3.05, 3.63) is 48.3 Å². The molecule has 1 saturated heterocycles. The lowest BCUT2D eigenvalue weighted by atomic mass is 9.88. The van der Waals surface area contributed by atoms with Gasteiger partial charge in [-0.05, 0) is 19.1 Å². The maximum Gasteiger partial charge on any atom is 0.252 e. The highest BCUT2D eigenvalue weighted by atomic mass is 16.5. The number of pyridine rings is 1. The molecule has 1 aromatic carbocycles. The predicted molar refractivity (Wildman–Crippen MR) is 99.9 cm³/mol. The Morgan fingerprint density at radius 3 is 2.85 bits per heavy atom. The minimum atomic E-state index is -0.0825. The van der Waals surface area contributed by atoms with E-state index in [2.05, 4.69) is 17.3 Å². The van der Waals surface area contributed by atoms with Gasteiger partial charge in [-0.25, -0.2) is 4.98 Å². The van der Waals surface area contributed by atoms with Crippen molar-refractivity contribution in [1.82, 2.24) is 20.1 Å². The van der Waals surface area contributed by atoms with Gasteiger partial charge in [-0.15, -0.1) is 0 Å². The van der Waals surface area contributed by atoms with E-state index in [-0.39, 0.29) is 11.3 Å². The van der Waals surface area contributed by atoms with E-state index in [0.717, 1.165) is 28.7 Å². The van der Waals surface area contributed by atoms with Gasteiger partial charge in [0.15, 0.2) is 0 Å². The second-order valence-corrected chi connectivity index (χ2v) is 7.14. The van der Waals surface area contributed by atoms with Crippen LogP contribution in [0.3, 0.4) is 0 Å². The third kappa shape index (κ3) is 3.08. The zero-order valence-corrected chi connectivity index (χ0v) is 15.0. The summed E-state index contributed by atoms with van der Waals surface area (Å²) in [6, 6.07) is 9.58. The van der Waals surface area contributed by atoms with Crippen molar-refractivity contribution >= 4 is 16.8 Å². The van der Waals surface area contributed by atoms with Crippen LogP contribution in [0.5, 0.6) is 0 Å². The van der Waals surface area contributed by atoms with Crippen LogP contribution < -0.4 is 5.32 Å². The fourth-order valence-electron chi connectivity index (χ4n) is 3.12. The van der Waals surface area contributed by atoms with E-state index in [1.54, 1.807) is 6.20 Å². The molecule has 4 rings (SSSR count). The molecule has 134 valence electrons. The largest absolute Gasteiger partial charge is 0.380 e. The quantitative estimate of drug-likeness (QED) is 0.768. The van der Waals surface area contributed by atoms with E-state index in [4.69, 9.17) is 9.72 Å². The molecule has 2 aromatic heterocycles. The Morgan fingerprint density at radius 1 is 1.35 bits per heavy atom. The van der Waals surface area contributed by atoms with Crippen molar-refractivity contribution in [1.29, 1.82) is 0 Å². The summed E-state index contributed by atoms with van der Waals surface area (Å²) in [5.41, 5.74) is 3.14. The van der Waals surface area contributed by atoms with E-state index in [1.165, 1.54) is 0 Å². The second-order valence-electron chi connectivity index (χ2n) is 7.14. The van der Waals surface area contributed by atoms with Crippen LogP contribution in [0.4, 0.5) is 0 Å². The van der Waals surface area contributed by atoms with E-state index in [0.29, 0.717) is 25.3 Å². The highest BCUT2D eigenvalue weighted by molar-refractivity contribution is 6.07. The van der Waals surface area contributed by atoms with Crippen LogP contribution in [0.1, 0.15) is 24.2 Å². The molecule has 3 aromatic rings. The van der Waals surface area contributed by atoms with Crippen LogP contribution in [0.2, 0.25) is 0 Å². The first kappa shape index (κ1) is 16.7. The first-order valence-electron chi connectivity index (χ1n) is 8.86. The van der Waals surface area contributed by atoms with Crippen LogP contribution >= 0.6 is 0 Å². The Labute approximate surface area is 152 Å². The van der Waals surface area contributed by atoms with Crippen LogP contribution in [-0.2, 0) is 11.3 Å². The van der Waals surface area contributed by atoms with E-state index in [1.807, 2.05) is 48.1 Å². The standard InChI is InChI=1S/C20H22N4O2/c1-3-24-10-14(9-22-24)18-8-16(15-6-4-5-7-17(15)23-18)19(25)21-11-20(2)12-26-13-20/h4-10H,3,11-13H2,1-2H3,(H,21,25). The minimum Gasteiger partial charge on any atom is -0.380 e. The molecule has 6 heteroatoms. The molecule has 0 unspecified atom stereocenters. The van der Waals surface area contributed by atoms with Gasteiger partial charge in [-0.1, -0.05) is 25.1 Å². The summed E-state index contributed by atoms with van der Waals surface area (Å²) in [5, 5.41) is 8.23. The lowest BCUT2D eigenvalue weighted by molar-refractivity contribution is -0.0978. The molecule has 0 radical (unpaired) electrons. The van der Waals surface area contributed by atoms with Crippen LogP contribution in [0.25, 0.3) is 22.2 Å². The third-order valence-corrected chi connectivity index (χ3v) is 4.79. The van der Waals surface area contributed by atoms with Gasteiger partial charge in [0, 0.05) is 35.7 Å². The Balaban J connectivity index is 1.70. The summed E-state index contributed by atoms with van der Waals surface area (Å²) in [6.07, 6.45) is 3.74. The summed E-state index contributed by atoms with van der Waals surface area (Å²) < 4.78 is 7.12. The molecule has 1 aliphatic heterocycles. The number of nitrogens with zero attached hydrogens (tertiary/aromatic N) is 3. The predicted octanol–water partition coefficient (Wildman–Crippen LogP) is 2.88. The van der Waals surface area contributed by atoms with Crippen molar-refractivity contribution in [2.75, 3.05) is 19.8 Å². The summed E-state index contributed by atoms with van der Waals surface area (Å²) >= 11 is 0. The van der Waals surface area contributed by atoms with Crippen molar-refractivity contribution in [3.63, 3.8) is 0 Å². The molecule has 26 heavy (non-hydrogen) atoms. The smallest absolute Gasteiger partial charge is 0.252 e. The minimum absolute atomic E-state index is 0.0313. The first-order chi connectivity index (χ1) is 12.6. The Kier molecular flexibility index (Phi) is 4.20. The highest BCUT2D eigenvalue weighted by Gasteiger charge is 2.33. The lowest BCUT2D eigenvalue weighted by Gasteiger charge is -2.38. The number of aromatic nitrogens is 3. The maximum absolute atomic E-state index is 12.9. The SMILES string of the molecule is CCn1cc(-c2cc(C(=O)NCC3(C)COC3)c3ccccc3n2)cn1. The van der Waals surface area contributed by atoms with Crippen molar-refractivity contribution in [3.8, 4) is 11.3 Å². The molecular weight excluding hydrogens is 328 g/mol. The van der Waals surface area contributed by atoms with Gasteiger partial charge in [0.1, 0.15) is 0 Å². The third-order valence-electron chi connectivity index (χ3n) is 4.79.